The Morgan fingerprint density at radius 1 is 1.22 bits per heavy atom. The number of aliphatic carboxylic acids is 1. The summed E-state index contributed by atoms with van der Waals surface area (Å²) >= 11 is 0. The molecular formula is C14H19NO3. The van der Waals surface area contributed by atoms with E-state index >= 15 is 0 Å². The smallest absolute Gasteiger partial charge is 0.323 e. The van der Waals surface area contributed by atoms with Gasteiger partial charge in [-0.1, -0.05) is 29.8 Å². The van der Waals surface area contributed by atoms with E-state index in [1.807, 2.05) is 31.2 Å². The van der Waals surface area contributed by atoms with E-state index in [2.05, 4.69) is 0 Å². The maximum absolute atomic E-state index is 11.8. The predicted octanol–water partition coefficient (Wildman–Crippen LogP) is 1.86. The number of carbonyl (C=O) groups is 2. The number of benzene rings is 1. The third-order valence-electron chi connectivity index (χ3n) is 2.81. The lowest BCUT2D eigenvalue weighted by Crippen LogP contribution is -2.35. The highest BCUT2D eigenvalue weighted by molar-refractivity contribution is 5.81. The molecule has 1 amide bonds. The van der Waals surface area contributed by atoms with Gasteiger partial charge in [0, 0.05) is 13.0 Å². The van der Waals surface area contributed by atoms with Gasteiger partial charge in [-0.3, -0.25) is 9.59 Å². The summed E-state index contributed by atoms with van der Waals surface area (Å²) in [5.74, 6) is -1.08. The molecule has 4 heteroatoms. The second kappa shape index (κ2) is 6.79. The molecule has 0 saturated heterocycles. The number of carboxylic acid groups (broad SMARTS) is 1. The summed E-state index contributed by atoms with van der Waals surface area (Å²) in [7, 11) is 0. The van der Waals surface area contributed by atoms with Crippen molar-refractivity contribution < 1.29 is 14.7 Å². The average molecular weight is 249 g/mol. The Balaban J connectivity index is 2.49. The van der Waals surface area contributed by atoms with Crippen molar-refractivity contribution in [3.05, 3.63) is 35.4 Å². The highest BCUT2D eigenvalue weighted by atomic mass is 16.4. The molecular weight excluding hydrogens is 230 g/mol. The van der Waals surface area contributed by atoms with Gasteiger partial charge in [0.05, 0.1) is 0 Å². The Labute approximate surface area is 107 Å². The van der Waals surface area contributed by atoms with Gasteiger partial charge in [0.15, 0.2) is 0 Å². The van der Waals surface area contributed by atoms with Crippen LogP contribution in [0.3, 0.4) is 0 Å². The molecule has 0 atom stereocenters. The Morgan fingerprint density at radius 3 is 2.33 bits per heavy atom. The average Bonchev–Trinajstić information content (AvgIpc) is 2.34. The fourth-order valence-corrected chi connectivity index (χ4v) is 1.70. The zero-order valence-electron chi connectivity index (χ0n) is 10.8. The zero-order valence-corrected chi connectivity index (χ0v) is 10.8. The summed E-state index contributed by atoms with van der Waals surface area (Å²) in [6, 6.07) is 8.01. The van der Waals surface area contributed by atoms with E-state index in [4.69, 9.17) is 5.11 Å². The van der Waals surface area contributed by atoms with Crippen LogP contribution >= 0.6 is 0 Å². The molecule has 98 valence electrons. The van der Waals surface area contributed by atoms with Crippen LogP contribution in [0.2, 0.25) is 0 Å². The standard InChI is InChI=1S/C14H19NO3/c1-3-15(10-14(17)18)13(16)9-8-12-6-4-11(2)5-7-12/h4-7H,3,8-10H2,1-2H3,(H,17,18). The summed E-state index contributed by atoms with van der Waals surface area (Å²) in [4.78, 5) is 23.8. The molecule has 1 aromatic carbocycles. The first-order chi connectivity index (χ1) is 8.52. The van der Waals surface area contributed by atoms with E-state index < -0.39 is 5.97 Å². The van der Waals surface area contributed by atoms with Gasteiger partial charge in [0.1, 0.15) is 6.54 Å². The van der Waals surface area contributed by atoms with Crippen LogP contribution in [-0.4, -0.2) is 35.0 Å². The second-order valence-corrected chi connectivity index (χ2v) is 4.29. The van der Waals surface area contributed by atoms with E-state index in [0.717, 1.165) is 5.56 Å². The molecule has 0 unspecified atom stereocenters. The van der Waals surface area contributed by atoms with Gasteiger partial charge < -0.3 is 10.0 Å². The van der Waals surface area contributed by atoms with Crippen LogP contribution in [0.4, 0.5) is 0 Å². The number of likely N-dealkylation sites (N-methyl/N-ethyl adjacent to an activating group) is 1. The molecule has 0 radical (unpaired) electrons. The Morgan fingerprint density at radius 2 is 1.83 bits per heavy atom. The minimum Gasteiger partial charge on any atom is -0.480 e. The summed E-state index contributed by atoms with van der Waals surface area (Å²) in [5, 5.41) is 8.69. The van der Waals surface area contributed by atoms with Crippen LogP contribution in [0.1, 0.15) is 24.5 Å². The summed E-state index contributed by atoms with van der Waals surface area (Å²) in [5.41, 5.74) is 2.28. The molecule has 18 heavy (non-hydrogen) atoms. The van der Waals surface area contributed by atoms with E-state index in [-0.39, 0.29) is 12.5 Å². The van der Waals surface area contributed by atoms with Crippen molar-refractivity contribution in [3.8, 4) is 0 Å². The van der Waals surface area contributed by atoms with E-state index in [1.54, 1.807) is 6.92 Å². The van der Waals surface area contributed by atoms with Crippen molar-refractivity contribution in [3.63, 3.8) is 0 Å². The third-order valence-corrected chi connectivity index (χ3v) is 2.81. The Kier molecular flexibility index (Phi) is 5.36. The van der Waals surface area contributed by atoms with E-state index in [9.17, 15) is 9.59 Å². The molecule has 0 aliphatic carbocycles. The topological polar surface area (TPSA) is 57.6 Å². The summed E-state index contributed by atoms with van der Waals surface area (Å²) in [6.07, 6.45) is 0.999. The molecule has 0 heterocycles. The Hall–Kier alpha value is -1.84. The first kappa shape index (κ1) is 14.2. The van der Waals surface area contributed by atoms with Gasteiger partial charge in [-0.15, -0.1) is 0 Å². The molecule has 0 bridgehead atoms. The van der Waals surface area contributed by atoms with Crippen molar-refractivity contribution in [1.82, 2.24) is 4.90 Å². The van der Waals surface area contributed by atoms with Gasteiger partial charge in [-0.25, -0.2) is 0 Å². The first-order valence-corrected chi connectivity index (χ1v) is 6.08. The molecule has 0 saturated carbocycles. The molecule has 1 aromatic rings. The summed E-state index contributed by atoms with van der Waals surface area (Å²) < 4.78 is 0. The Bertz CT molecular complexity index is 412. The number of carboxylic acids is 1. The summed E-state index contributed by atoms with van der Waals surface area (Å²) in [6.45, 7) is 4.01. The number of rotatable bonds is 6. The van der Waals surface area contributed by atoms with Gasteiger partial charge in [0.25, 0.3) is 0 Å². The minimum absolute atomic E-state index is 0.111. The molecule has 0 aromatic heterocycles. The largest absolute Gasteiger partial charge is 0.480 e. The van der Waals surface area contributed by atoms with Crippen molar-refractivity contribution in [2.75, 3.05) is 13.1 Å². The van der Waals surface area contributed by atoms with Crippen molar-refractivity contribution in [2.24, 2.45) is 0 Å². The van der Waals surface area contributed by atoms with Crippen LogP contribution in [0.15, 0.2) is 24.3 Å². The fourth-order valence-electron chi connectivity index (χ4n) is 1.70. The fraction of sp³-hybridized carbons (Fsp3) is 0.429. The normalized spacial score (nSPS) is 10.1. The van der Waals surface area contributed by atoms with Crippen LogP contribution in [0.25, 0.3) is 0 Å². The van der Waals surface area contributed by atoms with E-state index in [0.29, 0.717) is 19.4 Å². The number of carbonyl (C=O) groups excluding carboxylic acids is 1. The molecule has 1 N–H and O–H groups in total. The number of hydrogen-bond acceptors (Lipinski definition) is 2. The van der Waals surface area contributed by atoms with Gasteiger partial charge in [-0.2, -0.15) is 0 Å². The molecule has 0 aliphatic heterocycles. The van der Waals surface area contributed by atoms with Gasteiger partial charge >= 0.3 is 5.97 Å². The predicted molar refractivity (Wildman–Crippen MR) is 69.4 cm³/mol. The van der Waals surface area contributed by atoms with Gasteiger partial charge in [-0.05, 0) is 25.8 Å². The second-order valence-electron chi connectivity index (χ2n) is 4.29. The lowest BCUT2D eigenvalue weighted by Gasteiger charge is -2.18. The highest BCUT2D eigenvalue weighted by Crippen LogP contribution is 2.07. The number of aryl methyl sites for hydroxylation is 2. The number of amides is 1. The molecule has 0 spiro atoms. The van der Waals surface area contributed by atoms with Crippen molar-refractivity contribution in [2.45, 2.75) is 26.7 Å². The van der Waals surface area contributed by atoms with Gasteiger partial charge in [0.2, 0.25) is 5.91 Å². The van der Waals surface area contributed by atoms with E-state index in [1.165, 1.54) is 10.5 Å². The van der Waals surface area contributed by atoms with Crippen LogP contribution in [0, 0.1) is 6.92 Å². The molecule has 0 aliphatic rings. The maximum Gasteiger partial charge on any atom is 0.323 e. The molecule has 0 fully saturated rings. The maximum atomic E-state index is 11.8. The highest BCUT2D eigenvalue weighted by Gasteiger charge is 2.14. The van der Waals surface area contributed by atoms with Crippen LogP contribution < -0.4 is 0 Å². The van der Waals surface area contributed by atoms with Crippen molar-refractivity contribution in [1.29, 1.82) is 0 Å². The SMILES string of the molecule is CCN(CC(=O)O)C(=O)CCc1ccc(C)cc1. The first-order valence-electron chi connectivity index (χ1n) is 6.08. The molecule has 4 nitrogen and oxygen atoms in total. The zero-order chi connectivity index (χ0) is 13.5. The van der Waals surface area contributed by atoms with Crippen molar-refractivity contribution >= 4 is 11.9 Å². The van der Waals surface area contributed by atoms with Crippen LogP contribution in [0.5, 0.6) is 0 Å². The monoisotopic (exact) mass is 249 g/mol. The number of nitrogens with zero attached hydrogens (tertiary/aromatic N) is 1. The number of hydrogen-bond donors (Lipinski definition) is 1. The minimum atomic E-state index is -0.972. The third kappa shape index (κ3) is 4.57. The quantitative estimate of drug-likeness (QED) is 0.837. The van der Waals surface area contributed by atoms with Crippen LogP contribution in [-0.2, 0) is 16.0 Å². The lowest BCUT2D eigenvalue weighted by molar-refractivity contribution is -0.144. The lowest BCUT2D eigenvalue weighted by atomic mass is 10.1. The molecule has 1 rings (SSSR count).